The number of hydrogen-bond acceptors (Lipinski definition) is 3. The average molecular weight is 416 g/mol. The van der Waals surface area contributed by atoms with Crippen LogP contribution < -0.4 is 5.32 Å². The molecule has 0 aliphatic heterocycles. The van der Waals surface area contributed by atoms with E-state index in [2.05, 4.69) is 15.5 Å². The van der Waals surface area contributed by atoms with Crippen LogP contribution in [-0.4, -0.2) is 25.5 Å². The first-order chi connectivity index (χ1) is 13.2. The van der Waals surface area contributed by atoms with Gasteiger partial charge in [0.15, 0.2) is 17.5 Å². The Bertz CT molecular complexity index is 1010. The highest BCUT2D eigenvalue weighted by atomic mass is 35.5. The van der Waals surface area contributed by atoms with Gasteiger partial charge in [-0.05, 0) is 6.92 Å². The Morgan fingerprint density at radius 2 is 1.89 bits per heavy atom. The van der Waals surface area contributed by atoms with E-state index in [-0.39, 0.29) is 24.1 Å². The molecule has 148 valence electrons. The second kappa shape index (κ2) is 8.01. The van der Waals surface area contributed by atoms with Crippen LogP contribution in [0.4, 0.5) is 23.2 Å². The molecule has 0 unspecified atom stereocenters. The third-order valence-electron chi connectivity index (χ3n) is 3.90. The van der Waals surface area contributed by atoms with Crippen LogP contribution in [0.3, 0.4) is 0 Å². The van der Waals surface area contributed by atoms with Crippen LogP contribution in [0.1, 0.15) is 17.7 Å². The molecule has 0 aliphatic rings. The van der Waals surface area contributed by atoms with Gasteiger partial charge in [-0.2, -0.15) is 10.2 Å². The van der Waals surface area contributed by atoms with E-state index < -0.39 is 35.4 Å². The number of amides is 1. The molecule has 2 aromatic heterocycles. The summed E-state index contributed by atoms with van der Waals surface area (Å²) < 4.78 is 56.3. The minimum atomic E-state index is -1.76. The predicted octanol–water partition coefficient (Wildman–Crippen LogP) is 3.67. The summed E-state index contributed by atoms with van der Waals surface area (Å²) in [6.07, 6.45) is 4.29. The van der Waals surface area contributed by atoms with Gasteiger partial charge < -0.3 is 5.32 Å². The molecule has 2 heterocycles. The van der Waals surface area contributed by atoms with Crippen molar-refractivity contribution >= 4 is 23.2 Å². The summed E-state index contributed by atoms with van der Waals surface area (Å²) in [4.78, 5) is 12.0. The van der Waals surface area contributed by atoms with Gasteiger partial charge >= 0.3 is 0 Å². The average Bonchev–Trinajstić information content (AvgIpc) is 3.21. The molecule has 1 N–H and O–H groups in total. The van der Waals surface area contributed by atoms with E-state index in [1.165, 1.54) is 17.1 Å². The number of anilines is 1. The molecule has 0 saturated carbocycles. The Labute approximate surface area is 161 Å². The quantitative estimate of drug-likeness (QED) is 0.379. The summed E-state index contributed by atoms with van der Waals surface area (Å²) in [7, 11) is 0. The molecule has 0 saturated heterocycles. The molecule has 0 fully saturated rings. The summed E-state index contributed by atoms with van der Waals surface area (Å²) in [5.74, 6) is -6.56. The first kappa shape index (κ1) is 19.9. The highest BCUT2D eigenvalue weighted by Gasteiger charge is 2.19. The van der Waals surface area contributed by atoms with Crippen LogP contribution in [0, 0.1) is 30.2 Å². The lowest BCUT2D eigenvalue weighted by Crippen LogP contribution is -2.14. The number of aromatic nitrogens is 4. The Hall–Kier alpha value is -2.88. The topological polar surface area (TPSA) is 64.7 Å². The molecule has 0 atom stereocenters. The number of nitrogens with one attached hydrogen (secondary N) is 1. The fourth-order valence-corrected chi connectivity index (χ4v) is 2.62. The zero-order valence-electron chi connectivity index (χ0n) is 14.5. The predicted molar refractivity (Wildman–Crippen MR) is 92.8 cm³/mol. The van der Waals surface area contributed by atoms with Crippen LogP contribution in [0.5, 0.6) is 0 Å². The molecular formula is C17H14ClF4N5O. The van der Waals surface area contributed by atoms with Crippen LogP contribution >= 0.6 is 11.6 Å². The number of benzene rings is 1. The standard InChI is InChI=1S/C17H14ClF4N5O/c1-9-12(18)8-26(25-9)3-2-15(28)24-10-5-23-27(6-10)7-11-13(19)4-14(20)17(22)16(11)21/h4-6,8H,2-3,7H2,1H3,(H,24,28). The molecule has 0 bridgehead atoms. The summed E-state index contributed by atoms with van der Waals surface area (Å²) in [6, 6.07) is 0.267. The Morgan fingerprint density at radius 1 is 1.14 bits per heavy atom. The van der Waals surface area contributed by atoms with E-state index in [0.717, 1.165) is 4.68 Å². The lowest BCUT2D eigenvalue weighted by Gasteiger charge is -2.07. The SMILES string of the molecule is Cc1nn(CCC(=O)Nc2cnn(Cc3c(F)cc(F)c(F)c3F)c2)cc1Cl. The van der Waals surface area contributed by atoms with Crippen LogP contribution in [0.25, 0.3) is 0 Å². The highest BCUT2D eigenvalue weighted by Crippen LogP contribution is 2.20. The molecule has 0 aliphatic carbocycles. The van der Waals surface area contributed by atoms with E-state index in [1.807, 2.05) is 0 Å². The fourth-order valence-electron chi connectivity index (χ4n) is 2.47. The minimum Gasteiger partial charge on any atom is -0.323 e. The van der Waals surface area contributed by atoms with Crippen molar-refractivity contribution in [3.8, 4) is 0 Å². The molecule has 1 amide bonds. The van der Waals surface area contributed by atoms with Crippen molar-refractivity contribution in [3.63, 3.8) is 0 Å². The molecule has 6 nitrogen and oxygen atoms in total. The van der Waals surface area contributed by atoms with Crippen molar-refractivity contribution in [2.75, 3.05) is 5.32 Å². The second-order valence-corrected chi connectivity index (χ2v) is 6.40. The number of rotatable bonds is 6. The molecule has 3 rings (SSSR count). The highest BCUT2D eigenvalue weighted by molar-refractivity contribution is 6.31. The Morgan fingerprint density at radius 3 is 2.57 bits per heavy atom. The van der Waals surface area contributed by atoms with Gasteiger partial charge in [0.05, 0.1) is 29.1 Å². The molecule has 0 radical (unpaired) electrons. The molecule has 1 aromatic carbocycles. The van der Waals surface area contributed by atoms with Gasteiger partial charge in [0, 0.05) is 37.0 Å². The molecule has 11 heteroatoms. The van der Waals surface area contributed by atoms with Gasteiger partial charge in [0.25, 0.3) is 0 Å². The van der Waals surface area contributed by atoms with E-state index in [4.69, 9.17) is 11.6 Å². The number of halogens is 5. The van der Waals surface area contributed by atoms with E-state index >= 15 is 0 Å². The molecule has 28 heavy (non-hydrogen) atoms. The van der Waals surface area contributed by atoms with Crippen molar-refractivity contribution in [2.45, 2.75) is 26.4 Å². The van der Waals surface area contributed by atoms with Crippen LogP contribution in [0.2, 0.25) is 5.02 Å². The van der Waals surface area contributed by atoms with Crippen LogP contribution in [-0.2, 0) is 17.9 Å². The van der Waals surface area contributed by atoms with Gasteiger partial charge in [-0.15, -0.1) is 0 Å². The second-order valence-electron chi connectivity index (χ2n) is 6.00. The lowest BCUT2D eigenvalue weighted by molar-refractivity contribution is -0.116. The van der Waals surface area contributed by atoms with Gasteiger partial charge in [-0.25, -0.2) is 17.6 Å². The smallest absolute Gasteiger partial charge is 0.226 e. The fraction of sp³-hybridized carbons (Fsp3) is 0.235. The number of aryl methyl sites for hydroxylation is 2. The summed E-state index contributed by atoms with van der Waals surface area (Å²) in [5.41, 5.74) is 0.258. The number of nitrogens with zero attached hydrogens (tertiary/aromatic N) is 4. The third kappa shape index (κ3) is 4.33. The third-order valence-corrected chi connectivity index (χ3v) is 4.27. The molecule has 3 aromatic rings. The zero-order valence-corrected chi connectivity index (χ0v) is 15.3. The Kier molecular flexibility index (Phi) is 5.68. The number of hydrogen-bond donors (Lipinski definition) is 1. The maximum Gasteiger partial charge on any atom is 0.226 e. The Balaban J connectivity index is 1.61. The first-order valence-electron chi connectivity index (χ1n) is 8.08. The minimum absolute atomic E-state index is 0.106. The van der Waals surface area contributed by atoms with Gasteiger partial charge in [-0.3, -0.25) is 14.2 Å². The molecular weight excluding hydrogens is 402 g/mol. The van der Waals surface area contributed by atoms with Gasteiger partial charge in [0.2, 0.25) is 5.91 Å². The van der Waals surface area contributed by atoms with Gasteiger partial charge in [-0.1, -0.05) is 11.6 Å². The number of carbonyl (C=O) groups excluding carboxylic acids is 1. The van der Waals surface area contributed by atoms with Crippen LogP contribution in [0.15, 0.2) is 24.7 Å². The first-order valence-corrected chi connectivity index (χ1v) is 8.46. The summed E-state index contributed by atoms with van der Waals surface area (Å²) >= 11 is 5.89. The van der Waals surface area contributed by atoms with E-state index in [9.17, 15) is 22.4 Å². The maximum atomic E-state index is 13.7. The lowest BCUT2D eigenvalue weighted by atomic mass is 10.2. The summed E-state index contributed by atoms with van der Waals surface area (Å²) in [6.45, 7) is 1.57. The van der Waals surface area contributed by atoms with Crippen molar-refractivity contribution in [1.82, 2.24) is 19.6 Å². The zero-order chi connectivity index (χ0) is 20.4. The van der Waals surface area contributed by atoms with E-state index in [1.54, 1.807) is 13.1 Å². The largest absolute Gasteiger partial charge is 0.323 e. The van der Waals surface area contributed by atoms with Crippen molar-refractivity contribution in [3.05, 3.63) is 64.2 Å². The van der Waals surface area contributed by atoms with Crippen molar-refractivity contribution in [2.24, 2.45) is 0 Å². The number of carbonyl (C=O) groups is 1. The molecule has 0 spiro atoms. The van der Waals surface area contributed by atoms with E-state index in [0.29, 0.717) is 17.3 Å². The maximum absolute atomic E-state index is 13.7. The normalized spacial score (nSPS) is 11.1. The monoisotopic (exact) mass is 415 g/mol. The summed E-state index contributed by atoms with van der Waals surface area (Å²) in [5, 5.41) is 11.0. The van der Waals surface area contributed by atoms with Crippen molar-refractivity contribution < 1.29 is 22.4 Å². The van der Waals surface area contributed by atoms with Gasteiger partial charge in [0.1, 0.15) is 5.82 Å². The van der Waals surface area contributed by atoms with Crippen molar-refractivity contribution in [1.29, 1.82) is 0 Å².